The summed E-state index contributed by atoms with van der Waals surface area (Å²) in [6.07, 6.45) is 2.56. The summed E-state index contributed by atoms with van der Waals surface area (Å²) in [7, 11) is 1.68. The molecule has 2 N–H and O–H groups in total. The third-order valence-corrected chi connectivity index (χ3v) is 3.54. The fourth-order valence-electron chi connectivity index (χ4n) is 2.38. The van der Waals surface area contributed by atoms with Crippen molar-refractivity contribution in [3.05, 3.63) is 36.0 Å². The Bertz CT molecular complexity index is 622. The summed E-state index contributed by atoms with van der Waals surface area (Å²) in [6, 6.07) is 8.47. The van der Waals surface area contributed by atoms with Gasteiger partial charge in [-0.25, -0.2) is 0 Å². The zero-order valence-corrected chi connectivity index (χ0v) is 13.4. The van der Waals surface area contributed by atoms with Gasteiger partial charge < -0.3 is 15.2 Å². The summed E-state index contributed by atoms with van der Waals surface area (Å²) < 4.78 is 2.17. The predicted octanol–water partition coefficient (Wildman–Crippen LogP) is 2.67. The quantitative estimate of drug-likeness (QED) is 0.888. The summed E-state index contributed by atoms with van der Waals surface area (Å²) in [6.45, 7) is 8.02. The monoisotopic (exact) mass is 287 g/mol. The SMILES string of the molecule is CNC(=O)CCn1ccc2cccc(CNC(C)(C)C)c21. The van der Waals surface area contributed by atoms with Crippen molar-refractivity contribution in [3.8, 4) is 0 Å². The van der Waals surface area contributed by atoms with E-state index in [2.05, 4.69) is 66.4 Å². The number of nitrogens with one attached hydrogen (secondary N) is 2. The molecule has 21 heavy (non-hydrogen) atoms. The molecule has 0 saturated carbocycles. The second-order valence-electron chi connectivity index (χ2n) is 6.39. The summed E-state index contributed by atoms with van der Waals surface area (Å²) in [4.78, 5) is 11.4. The Kier molecular flexibility index (Phi) is 4.68. The number of fused-ring (bicyclic) bond motifs is 1. The molecule has 0 spiro atoms. The number of carbonyl (C=O) groups excluding carboxylic acids is 1. The van der Waals surface area contributed by atoms with E-state index in [-0.39, 0.29) is 11.4 Å². The lowest BCUT2D eigenvalue weighted by molar-refractivity contribution is -0.120. The minimum Gasteiger partial charge on any atom is -0.359 e. The smallest absolute Gasteiger partial charge is 0.221 e. The lowest BCUT2D eigenvalue weighted by atomic mass is 10.1. The van der Waals surface area contributed by atoms with Crippen LogP contribution in [0.1, 0.15) is 32.8 Å². The Morgan fingerprint density at radius 1 is 1.24 bits per heavy atom. The maximum Gasteiger partial charge on any atom is 0.221 e. The van der Waals surface area contributed by atoms with Gasteiger partial charge in [-0.2, -0.15) is 0 Å². The molecule has 1 aromatic heterocycles. The van der Waals surface area contributed by atoms with Gasteiger partial charge in [0.15, 0.2) is 0 Å². The third-order valence-electron chi connectivity index (χ3n) is 3.54. The van der Waals surface area contributed by atoms with Crippen LogP contribution in [0.3, 0.4) is 0 Å². The molecule has 1 heterocycles. The first-order valence-corrected chi connectivity index (χ1v) is 7.43. The van der Waals surface area contributed by atoms with Crippen molar-refractivity contribution in [2.45, 2.75) is 45.8 Å². The molecule has 1 amide bonds. The highest BCUT2D eigenvalue weighted by atomic mass is 16.1. The van der Waals surface area contributed by atoms with E-state index in [1.54, 1.807) is 7.05 Å². The van der Waals surface area contributed by atoms with Crippen molar-refractivity contribution >= 4 is 16.8 Å². The number of aromatic nitrogens is 1. The summed E-state index contributed by atoms with van der Waals surface area (Å²) in [5, 5.41) is 7.42. The summed E-state index contributed by atoms with van der Waals surface area (Å²) >= 11 is 0. The first kappa shape index (κ1) is 15.6. The topological polar surface area (TPSA) is 46.1 Å². The molecule has 0 atom stereocenters. The van der Waals surface area contributed by atoms with Crippen LogP contribution in [-0.4, -0.2) is 23.1 Å². The second kappa shape index (κ2) is 6.31. The molecular formula is C17H25N3O. The van der Waals surface area contributed by atoms with Crippen LogP contribution in [0.2, 0.25) is 0 Å². The number of aryl methyl sites for hydroxylation is 1. The van der Waals surface area contributed by atoms with Crippen molar-refractivity contribution in [1.82, 2.24) is 15.2 Å². The highest BCUT2D eigenvalue weighted by Gasteiger charge is 2.12. The van der Waals surface area contributed by atoms with Crippen molar-refractivity contribution in [2.24, 2.45) is 0 Å². The Hall–Kier alpha value is -1.81. The van der Waals surface area contributed by atoms with Crippen molar-refractivity contribution in [3.63, 3.8) is 0 Å². The normalized spacial score (nSPS) is 11.8. The zero-order valence-electron chi connectivity index (χ0n) is 13.4. The van der Waals surface area contributed by atoms with Gasteiger partial charge in [0.1, 0.15) is 0 Å². The molecule has 114 valence electrons. The fraction of sp³-hybridized carbons (Fsp3) is 0.471. The molecule has 0 aliphatic heterocycles. The number of para-hydroxylation sites is 1. The number of carbonyl (C=O) groups is 1. The molecule has 0 bridgehead atoms. The molecular weight excluding hydrogens is 262 g/mol. The minimum atomic E-state index is 0.0714. The third kappa shape index (κ3) is 4.08. The first-order valence-electron chi connectivity index (χ1n) is 7.43. The van der Waals surface area contributed by atoms with Crippen LogP contribution in [-0.2, 0) is 17.9 Å². The average Bonchev–Trinajstić information content (AvgIpc) is 2.85. The molecule has 0 aliphatic carbocycles. The summed E-state index contributed by atoms with van der Waals surface area (Å²) in [5.74, 6) is 0.0714. The lowest BCUT2D eigenvalue weighted by Gasteiger charge is -2.21. The van der Waals surface area contributed by atoms with Crippen molar-refractivity contribution in [1.29, 1.82) is 0 Å². The van der Waals surface area contributed by atoms with Crippen LogP contribution in [0.5, 0.6) is 0 Å². The standard InChI is InChI=1S/C17H25N3O/c1-17(2,3)19-12-14-7-5-6-13-8-10-20(16(13)14)11-9-15(21)18-4/h5-8,10,19H,9,11-12H2,1-4H3,(H,18,21). The van der Waals surface area contributed by atoms with Gasteiger partial charge in [0.25, 0.3) is 0 Å². The van der Waals surface area contributed by atoms with Gasteiger partial charge in [-0.15, -0.1) is 0 Å². The van der Waals surface area contributed by atoms with E-state index in [0.29, 0.717) is 13.0 Å². The van der Waals surface area contributed by atoms with Crippen molar-refractivity contribution in [2.75, 3.05) is 7.05 Å². The van der Waals surface area contributed by atoms with E-state index in [4.69, 9.17) is 0 Å². The maximum absolute atomic E-state index is 11.4. The Balaban J connectivity index is 2.24. The Labute approximate surface area is 126 Å². The predicted molar refractivity (Wildman–Crippen MR) is 87.2 cm³/mol. The Morgan fingerprint density at radius 2 is 2.00 bits per heavy atom. The van der Waals surface area contributed by atoms with Gasteiger partial charge in [0.05, 0.1) is 5.52 Å². The lowest BCUT2D eigenvalue weighted by Crippen LogP contribution is -2.35. The number of benzene rings is 1. The largest absolute Gasteiger partial charge is 0.359 e. The van der Waals surface area contributed by atoms with Crippen molar-refractivity contribution < 1.29 is 4.79 Å². The zero-order chi connectivity index (χ0) is 15.5. The van der Waals surface area contributed by atoms with Gasteiger partial charge in [-0.05, 0) is 37.8 Å². The second-order valence-corrected chi connectivity index (χ2v) is 6.39. The number of hydrogen-bond donors (Lipinski definition) is 2. The van der Waals surface area contributed by atoms with Gasteiger partial charge in [-0.3, -0.25) is 4.79 Å². The average molecular weight is 287 g/mol. The van der Waals surface area contributed by atoms with Gasteiger partial charge >= 0.3 is 0 Å². The number of rotatable bonds is 5. The van der Waals surface area contributed by atoms with Crippen LogP contribution in [0.25, 0.3) is 10.9 Å². The molecule has 0 saturated heterocycles. The van der Waals surface area contributed by atoms with E-state index in [1.165, 1.54) is 16.5 Å². The molecule has 0 unspecified atom stereocenters. The number of amides is 1. The van der Waals surface area contributed by atoms with Crippen LogP contribution in [0.4, 0.5) is 0 Å². The number of nitrogens with zero attached hydrogens (tertiary/aromatic N) is 1. The van der Waals surface area contributed by atoms with Gasteiger partial charge in [-0.1, -0.05) is 18.2 Å². The van der Waals surface area contributed by atoms with Crippen LogP contribution >= 0.6 is 0 Å². The molecule has 0 radical (unpaired) electrons. The molecule has 4 nitrogen and oxygen atoms in total. The first-order chi connectivity index (χ1) is 9.90. The van der Waals surface area contributed by atoms with E-state index in [0.717, 1.165) is 6.54 Å². The Morgan fingerprint density at radius 3 is 2.67 bits per heavy atom. The molecule has 0 aliphatic rings. The van der Waals surface area contributed by atoms with Gasteiger partial charge in [0.2, 0.25) is 5.91 Å². The van der Waals surface area contributed by atoms with Crippen LogP contribution in [0, 0.1) is 0 Å². The molecule has 2 rings (SSSR count). The summed E-state index contributed by atoms with van der Waals surface area (Å²) in [5.41, 5.74) is 2.57. The highest BCUT2D eigenvalue weighted by Crippen LogP contribution is 2.21. The fourth-order valence-corrected chi connectivity index (χ4v) is 2.38. The molecule has 1 aromatic carbocycles. The van der Waals surface area contributed by atoms with E-state index in [9.17, 15) is 4.79 Å². The highest BCUT2D eigenvalue weighted by molar-refractivity contribution is 5.83. The van der Waals surface area contributed by atoms with E-state index in [1.807, 2.05) is 0 Å². The van der Waals surface area contributed by atoms with E-state index < -0.39 is 0 Å². The number of hydrogen-bond acceptors (Lipinski definition) is 2. The van der Waals surface area contributed by atoms with Gasteiger partial charge in [0, 0.05) is 38.3 Å². The van der Waals surface area contributed by atoms with Crippen LogP contribution in [0.15, 0.2) is 30.5 Å². The van der Waals surface area contributed by atoms with Crippen LogP contribution < -0.4 is 10.6 Å². The van der Waals surface area contributed by atoms with E-state index >= 15 is 0 Å². The molecule has 0 fully saturated rings. The maximum atomic E-state index is 11.4. The molecule has 4 heteroatoms. The minimum absolute atomic E-state index is 0.0714. The molecule has 2 aromatic rings.